The van der Waals surface area contributed by atoms with Crippen molar-refractivity contribution in [2.75, 3.05) is 54.4 Å². The SMILES string of the molecule is CN(C)CCN(C)C(=O)c1ccc(-c2c[nH]c3ncc(-c4ccc(C5CCN(C)CC5)cc4)cc23)cc1. The highest BCUT2D eigenvalue weighted by molar-refractivity contribution is 5.98. The summed E-state index contributed by atoms with van der Waals surface area (Å²) in [6.07, 6.45) is 6.41. The van der Waals surface area contributed by atoms with E-state index in [-0.39, 0.29) is 5.91 Å². The molecule has 1 aliphatic heterocycles. The second-order valence-electron chi connectivity index (χ2n) is 10.6. The largest absolute Gasteiger partial charge is 0.346 e. The van der Waals surface area contributed by atoms with Crippen LogP contribution < -0.4 is 0 Å². The van der Waals surface area contributed by atoms with E-state index in [9.17, 15) is 4.79 Å². The number of likely N-dealkylation sites (N-methyl/N-ethyl adjacent to an activating group) is 2. The molecule has 0 saturated carbocycles. The quantitative estimate of drug-likeness (QED) is 0.376. The number of amides is 1. The summed E-state index contributed by atoms with van der Waals surface area (Å²) in [7, 11) is 8.09. The first kappa shape index (κ1) is 25.2. The van der Waals surface area contributed by atoms with Crippen LogP contribution in [0.5, 0.6) is 0 Å². The third-order valence-electron chi connectivity index (χ3n) is 7.64. The molecule has 0 atom stereocenters. The molecule has 0 radical (unpaired) electrons. The van der Waals surface area contributed by atoms with Crippen LogP contribution in [-0.4, -0.2) is 84.9 Å². The van der Waals surface area contributed by atoms with Crippen molar-refractivity contribution >= 4 is 16.9 Å². The number of nitrogens with one attached hydrogen (secondary N) is 1. The highest BCUT2D eigenvalue weighted by atomic mass is 16.2. The third-order valence-corrected chi connectivity index (χ3v) is 7.64. The van der Waals surface area contributed by atoms with Crippen LogP contribution in [0.3, 0.4) is 0 Å². The maximum atomic E-state index is 12.8. The molecule has 0 bridgehead atoms. The molecule has 6 nitrogen and oxygen atoms in total. The van der Waals surface area contributed by atoms with E-state index in [0.717, 1.165) is 34.3 Å². The van der Waals surface area contributed by atoms with Crippen molar-refractivity contribution in [2.45, 2.75) is 18.8 Å². The number of carbonyl (C=O) groups excluding carboxylic acids is 1. The molecule has 5 rings (SSSR count). The molecule has 0 aliphatic carbocycles. The van der Waals surface area contributed by atoms with Gasteiger partial charge in [-0.05, 0) is 87.9 Å². The number of hydrogen-bond acceptors (Lipinski definition) is 4. The van der Waals surface area contributed by atoms with Gasteiger partial charge in [0.15, 0.2) is 0 Å². The van der Waals surface area contributed by atoms with Crippen LogP contribution in [0.2, 0.25) is 0 Å². The van der Waals surface area contributed by atoms with Gasteiger partial charge in [0.05, 0.1) is 0 Å². The lowest BCUT2D eigenvalue weighted by molar-refractivity contribution is 0.0786. The Labute approximate surface area is 219 Å². The summed E-state index contributed by atoms with van der Waals surface area (Å²) in [6, 6.07) is 19.2. The number of benzene rings is 2. The number of likely N-dealkylation sites (tertiary alicyclic amines) is 1. The Morgan fingerprint density at radius 3 is 2.30 bits per heavy atom. The average molecular weight is 496 g/mol. The molecule has 1 saturated heterocycles. The van der Waals surface area contributed by atoms with Gasteiger partial charge in [-0.3, -0.25) is 4.79 Å². The highest BCUT2D eigenvalue weighted by Crippen LogP contribution is 2.33. The molecule has 0 spiro atoms. The molecule has 0 unspecified atom stereocenters. The van der Waals surface area contributed by atoms with E-state index in [1.165, 1.54) is 37.1 Å². The Morgan fingerprint density at radius 1 is 0.946 bits per heavy atom. The highest BCUT2D eigenvalue weighted by Gasteiger charge is 2.18. The van der Waals surface area contributed by atoms with Crippen LogP contribution in [0.4, 0.5) is 0 Å². The fraction of sp³-hybridized carbons (Fsp3) is 0.355. The van der Waals surface area contributed by atoms with Crippen molar-refractivity contribution in [2.24, 2.45) is 0 Å². The summed E-state index contributed by atoms with van der Waals surface area (Å²) in [5.74, 6) is 0.699. The lowest BCUT2D eigenvalue weighted by Gasteiger charge is -2.29. The normalized spacial score (nSPS) is 14.9. The van der Waals surface area contributed by atoms with Gasteiger partial charge in [-0.15, -0.1) is 0 Å². The fourth-order valence-corrected chi connectivity index (χ4v) is 5.15. The van der Waals surface area contributed by atoms with Gasteiger partial charge in [0.2, 0.25) is 0 Å². The van der Waals surface area contributed by atoms with E-state index < -0.39 is 0 Å². The molecule has 6 heteroatoms. The van der Waals surface area contributed by atoms with E-state index in [0.29, 0.717) is 18.0 Å². The molecular formula is C31H37N5O. The van der Waals surface area contributed by atoms with E-state index >= 15 is 0 Å². The van der Waals surface area contributed by atoms with Crippen molar-refractivity contribution < 1.29 is 4.79 Å². The molecule has 2 aromatic heterocycles. The minimum absolute atomic E-state index is 0.0416. The molecule has 192 valence electrons. The molecule has 1 fully saturated rings. The summed E-state index contributed by atoms with van der Waals surface area (Å²) in [5.41, 5.74) is 7.45. The molecule has 3 heterocycles. The maximum Gasteiger partial charge on any atom is 0.253 e. The number of pyridine rings is 1. The molecule has 2 aromatic carbocycles. The molecule has 4 aromatic rings. The van der Waals surface area contributed by atoms with Crippen molar-refractivity contribution in [1.29, 1.82) is 0 Å². The zero-order chi connectivity index (χ0) is 25.9. The van der Waals surface area contributed by atoms with E-state index in [2.05, 4.69) is 52.2 Å². The van der Waals surface area contributed by atoms with Crippen molar-refractivity contribution in [1.82, 2.24) is 24.7 Å². The second-order valence-corrected chi connectivity index (χ2v) is 10.6. The number of rotatable bonds is 7. The van der Waals surface area contributed by atoms with E-state index in [4.69, 9.17) is 4.98 Å². The molecule has 37 heavy (non-hydrogen) atoms. The summed E-state index contributed by atoms with van der Waals surface area (Å²) >= 11 is 0. The number of nitrogens with zero attached hydrogens (tertiary/aromatic N) is 4. The van der Waals surface area contributed by atoms with Crippen LogP contribution in [-0.2, 0) is 0 Å². The first-order valence-corrected chi connectivity index (χ1v) is 13.2. The summed E-state index contributed by atoms with van der Waals surface area (Å²) in [5, 5.41) is 1.08. The summed E-state index contributed by atoms with van der Waals surface area (Å²) in [4.78, 5) is 27.1. The number of hydrogen-bond donors (Lipinski definition) is 1. The van der Waals surface area contributed by atoms with Crippen molar-refractivity contribution in [3.8, 4) is 22.3 Å². The van der Waals surface area contributed by atoms with Gasteiger partial charge in [0.1, 0.15) is 5.65 Å². The number of piperidine rings is 1. The number of aromatic amines is 1. The smallest absolute Gasteiger partial charge is 0.253 e. The van der Waals surface area contributed by atoms with Gasteiger partial charge >= 0.3 is 0 Å². The van der Waals surface area contributed by atoms with Crippen molar-refractivity contribution in [3.05, 3.63) is 78.1 Å². The zero-order valence-electron chi connectivity index (χ0n) is 22.4. The zero-order valence-corrected chi connectivity index (χ0v) is 22.4. The Kier molecular flexibility index (Phi) is 7.40. The maximum absolute atomic E-state index is 12.8. The number of H-pyrrole nitrogens is 1. The third kappa shape index (κ3) is 5.60. The first-order valence-electron chi connectivity index (χ1n) is 13.2. The topological polar surface area (TPSA) is 55.5 Å². The van der Waals surface area contributed by atoms with Crippen LogP contribution in [0, 0.1) is 0 Å². The monoisotopic (exact) mass is 495 g/mol. The van der Waals surface area contributed by atoms with E-state index in [1.54, 1.807) is 4.90 Å². The first-order chi connectivity index (χ1) is 17.9. The lowest BCUT2D eigenvalue weighted by Crippen LogP contribution is -2.33. The van der Waals surface area contributed by atoms with Crippen LogP contribution in [0.25, 0.3) is 33.3 Å². The minimum atomic E-state index is 0.0416. The summed E-state index contributed by atoms with van der Waals surface area (Å²) < 4.78 is 0. The van der Waals surface area contributed by atoms with Crippen LogP contribution >= 0.6 is 0 Å². The van der Waals surface area contributed by atoms with Gasteiger partial charge in [-0.25, -0.2) is 4.98 Å². The van der Waals surface area contributed by atoms with Gasteiger partial charge in [0.25, 0.3) is 5.91 Å². The Balaban J connectivity index is 1.35. The second kappa shape index (κ2) is 10.9. The number of carbonyl (C=O) groups is 1. The van der Waals surface area contributed by atoms with Crippen LogP contribution in [0.1, 0.15) is 34.7 Å². The van der Waals surface area contributed by atoms with Gasteiger partial charge in [0, 0.05) is 54.6 Å². The van der Waals surface area contributed by atoms with E-state index in [1.807, 2.05) is 57.8 Å². The lowest BCUT2D eigenvalue weighted by atomic mass is 9.89. The molecule has 1 aliphatic rings. The minimum Gasteiger partial charge on any atom is -0.346 e. The van der Waals surface area contributed by atoms with Gasteiger partial charge in [-0.2, -0.15) is 0 Å². The predicted molar refractivity (Wildman–Crippen MR) is 152 cm³/mol. The molecule has 1 N–H and O–H groups in total. The number of fused-ring (bicyclic) bond motifs is 1. The number of aromatic nitrogens is 2. The van der Waals surface area contributed by atoms with Gasteiger partial charge < -0.3 is 19.7 Å². The average Bonchev–Trinajstić information content (AvgIpc) is 3.35. The Bertz CT molecular complexity index is 1350. The fourth-order valence-electron chi connectivity index (χ4n) is 5.15. The Morgan fingerprint density at radius 2 is 1.62 bits per heavy atom. The molecular weight excluding hydrogens is 458 g/mol. The van der Waals surface area contributed by atoms with Gasteiger partial charge in [-0.1, -0.05) is 36.4 Å². The Hall–Kier alpha value is -3.48. The predicted octanol–water partition coefficient (Wildman–Crippen LogP) is 5.34. The van der Waals surface area contributed by atoms with Crippen LogP contribution in [0.15, 0.2) is 67.0 Å². The van der Waals surface area contributed by atoms with Crippen molar-refractivity contribution in [3.63, 3.8) is 0 Å². The standard InChI is InChI=1S/C31H37N5O/c1-34(2)17-18-36(4)31(37)26-11-9-25(10-12-26)29-21-33-30-28(29)19-27(20-32-30)23-7-5-22(6-8-23)24-13-15-35(3)16-14-24/h5-12,19-21,24H,13-18H2,1-4H3,(H,32,33). The molecule has 1 amide bonds. The summed E-state index contributed by atoms with van der Waals surface area (Å²) in [6.45, 7) is 3.88.